The minimum atomic E-state index is -0.0904. The molecule has 0 saturated carbocycles. The normalized spacial score (nSPS) is 17.1. The number of thiocarbonyl (C=S) groups is 1. The van der Waals surface area contributed by atoms with Crippen molar-refractivity contribution >= 4 is 63.5 Å². The van der Waals surface area contributed by atoms with Crippen molar-refractivity contribution in [3.8, 4) is 16.9 Å². The number of hydrogen-bond donors (Lipinski definition) is 1. The molecule has 2 fully saturated rings. The number of H-pyrrole nitrogens is 1. The number of morpholine rings is 1. The van der Waals surface area contributed by atoms with E-state index in [2.05, 4.69) is 25.5 Å². The summed E-state index contributed by atoms with van der Waals surface area (Å²) in [7, 11) is 0. The topological polar surface area (TPSA) is 96.5 Å². The van der Waals surface area contributed by atoms with Crippen molar-refractivity contribution in [3.63, 3.8) is 0 Å². The molecule has 5 rings (SSSR count). The zero-order valence-corrected chi connectivity index (χ0v) is 25.5. The zero-order chi connectivity index (χ0) is 28.6. The smallest absolute Gasteiger partial charge is 0.266 e. The monoisotopic (exact) mass is 632 g/mol. The molecule has 3 heterocycles. The highest BCUT2D eigenvalue weighted by molar-refractivity contribution is 8.26. The van der Waals surface area contributed by atoms with Crippen molar-refractivity contribution in [2.45, 2.75) is 25.7 Å². The number of aromatic nitrogens is 4. The quantitative estimate of drug-likeness (QED) is 0.158. The maximum absolute atomic E-state index is 13.4. The van der Waals surface area contributed by atoms with Crippen LogP contribution in [0.25, 0.3) is 17.2 Å². The van der Waals surface area contributed by atoms with Gasteiger partial charge in [-0.3, -0.25) is 14.6 Å². The van der Waals surface area contributed by atoms with Crippen LogP contribution in [0.2, 0.25) is 10.0 Å². The van der Waals surface area contributed by atoms with E-state index in [0.29, 0.717) is 44.0 Å². The van der Waals surface area contributed by atoms with E-state index in [9.17, 15) is 4.79 Å². The van der Waals surface area contributed by atoms with Gasteiger partial charge in [0, 0.05) is 53.8 Å². The molecular formula is C28H30Cl2N6O3S2. The minimum Gasteiger partial charge on any atom is -0.492 e. The second kappa shape index (κ2) is 14.6. The number of benzene rings is 2. The molecule has 0 atom stereocenters. The standard InChI is InChI=1S/C28H30Cl2N6O3S2/c29-21-6-7-22(23(30)18-21)19-5-8-24(39-15-12-35-10-13-38-14-11-35)20(16-19)17-25-27(37)36(28(40)41-25)9-3-1-2-4-26-31-33-34-32-26/h5-8,16-18H,1-4,9-15H2,(H,31,32,33,34)/b25-17-. The summed E-state index contributed by atoms with van der Waals surface area (Å²) in [5.41, 5.74) is 2.53. The highest BCUT2D eigenvalue weighted by Gasteiger charge is 2.31. The van der Waals surface area contributed by atoms with Crippen LogP contribution in [-0.4, -0.2) is 86.7 Å². The number of rotatable bonds is 12. The first-order valence-corrected chi connectivity index (χ1v) is 15.5. The molecule has 0 aliphatic carbocycles. The van der Waals surface area contributed by atoms with E-state index < -0.39 is 0 Å². The lowest BCUT2D eigenvalue weighted by Crippen LogP contribution is -2.38. The van der Waals surface area contributed by atoms with E-state index in [4.69, 9.17) is 44.9 Å². The largest absolute Gasteiger partial charge is 0.492 e. The Bertz CT molecular complexity index is 1400. The highest BCUT2D eigenvalue weighted by atomic mass is 35.5. The number of carbonyl (C=O) groups excluding carboxylic acids is 1. The van der Waals surface area contributed by atoms with Crippen LogP contribution in [0.1, 0.15) is 30.7 Å². The number of aromatic amines is 1. The number of tetrazole rings is 1. The zero-order valence-electron chi connectivity index (χ0n) is 22.4. The molecule has 0 bridgehead atoms. The number of thioether (sulfide) groups is 1. The Morgan fingerprint density at radius 3 is 2.73 bits per heavy atom. The number of aryl methyl sites for hydroxylation is 1. The third-order valence-electron chi connectivity index (χ3n) is 6.85. The van der Waals surface area contributed by atoms with Gasteiger partial charge in [0.05, 0.1) is 18.1 Å². The molecule has 216 valence electrons. The molecule has 2 aliphatic rings. The van der Waals surface area contributed by atoms with Gasteiger partial charge in [-0.05, 0) is 48.7 Å². The summed E-state index contributed by atoms with van der Waals surface area (Å²) in [5, 5.41) is 15.1. The van der Waals surface area contributed by atoms with E-state index in [1.807, 2.05) is 36.4 Å². The Hall–Kier alpha value is -2.54. The molecule has 0 spiro atoms. The maximum Gasteiger partial charge on any atom is 0.266 e. The number of hydrogen-bond acceptors (Lipinski definition) is 9. The van der Waals surface area contributed by atoms with E-state index >= 15 is 0 Å². The number of nitrogens with zero attached hydrogens (tertiary/aromatic N) is 5. The fourth-order valence-corrected chi connectivity index (χ4v) is 6.46. The molecule has 2 saturated heterocycles. The van der Waals surface area contributed by atoms with Gasteiger partial charge in [0.25, 0.3) is 5.91 Å². The Morgan fingerprint density at radius 2 is 1.95 bits per heavy atom. The molecule has 1 N–H and O–H groups in total. The van der Waals surface area contributed by atoms with Crippen LogP contribution in [0, 0.1) is 0 Å². The van der Waals surface area contributed by atoms with Crippen LogP contribution in [0.4, 0.5) is 0 Å². The van der Waals surface area contributed by atoms with Gasteiger partial charge < -0.3 is 9.47 Å². The molecular weight excluding hydrogens is 603 g/mol. The molecule has 1 aromatic heterocycles. The van der Waals surface area contributed by atoms with Crippen LogP contribution in [0.3, 0.4) is 0 Å². The second-order valence-corrected chi connectivity index (χ2v) is 12.2. The van der Waals surface area contributed by atoms with Crippen molar-refractivity contribution in [3.05, 3.63) is 62.7 Å². The lowest BCUT2D eigenvalue weighted by Gasteiger charge is -2.26. The number of nitrogens with one attached hydrogen (secondary N) is 1. The first-order chi connectivity index (χ1) is 20.0. The summed E-state index contributed by atoms with van der Waals surface area (Å²) in [6.45, 7) is 5.14. The predicted molar refractivity (Wildman–Crippen MR) is 166 cm³/mol. The number of amides is 1. The maximum atomic E-state index is 13.4. The molecule has 41 heavy (non-hydrogen) atoms. The van der Waals surface area contributed by atoms with E-state index in [0.717, 1.165) is 75.2 Å². The molecule has 2 aromatic carbocycles. The van der Waals surface area contributed by atoms with Crippen LogP contribution < -0.4 is 4.74 Å². The van der Waals surface area contributed by atoms with Crippen molar-refractivity contribution in [1.82, 2.24) is 30.4 Å². The lowest BCUT2D eigenvalue weighted by molar-refractivity contribution is -0.122. The molecule has 2 aliphatic heterocycles. The van der Waals surface area contributed by atoms with Crippen molar-refractivity contribution in [2.24, 2.45) is 0 Å². The Morgan fingerprint density at radius 1 is 1.10 bits per heavy atom. The van der Waals surface area contributed by atoms with E-state index in [-0.39, 0.29) is 5.91 Å². The van der Waals surface area contributed by atoms with Gasteiger partial charge in [-0.1, -0.05) is 70.9 Å². The van der Waals surface area contributed by atoms with Crippen molar-refractivity contribution < 1.29 is 14.3 Å². The lowest BCUT2D eigenvalue weighted by atomic mass is 10.0. The summed E-state index contributed by atoms with van der Waals surface area (Å²) in [4.78, 5) is 17.9. The van der Waals surface area contributed by atoms with Gasteiger partial charge >= 0.3 is 0 Å². The van der Waals surface area contributed by atoms with Gasteiger partial charge in [-0.25, -0.2) is 0 Å². The highest BCUT2D eigenvalue weighted by Crippen LogP contribution is 2.37. The summed E-state index contributed by atoms with van der Waals surface area (Å²) in [6.07, 6.45) is 5.28. The molecule has 3 aromatic rings. The number of unbranched alkanes of at least 4 members (excludes halogenated alkanes) is 2. The first kappa shape index (κ1) is 29.9. The van der Waals surface area contributed by atoms with Crippen LogP contribution in [-0.2, 0) is 16.0 Å². The van der Waals surface area contributed by atoms with Gasteiger partial charge in [0.15, 0.2) is 5.82 Å². The Labute approximate surface area is 258 Å². The molecule has 0 unspecified atom stereocenters. The van der Waals surface area contributed by atoms with Crippen LogP contribution >= 0.6 is 47.2 Å². The summed E-state index contributed by atoms with van der Waals surface area (Å²) < 4.78 is 12.2. The summed E-state index contributed by atoms with van der Waals surface area (Å²) >= 11 is 19.5. The minimum absolute atomic E-state index is 0.0904. The van der Waals surface area contributed by atoms with E-state index in [1.54, 1.807) is 11.0 Å². The van der Waals surface area contributed by atoms with Crippen molar-refractivity contribution in [2.75, 3.05) is 46.0 Å². The SMILES string of the molecule is O=C1/C(=C/c2cc(-c3ccc(Cl)cc3Cl)ccc2OCCN2CCOCC2)SC(=S)N1CCCCCc1nn[nH]n1. The third-order valence-corrected chi connectivity index (χ3v) is 8.78. The Balaban J connectivity index is 1.29. The average Bonchev–Trinajstić information content (AvgIpc) is 3.58. The van der Waals surface area contributed by atoms with Gasteiger partial charge in [0.1, 0.15) is 16.7 Å². The van der Waals surface area contributed by atoms with Gasteiger partial charge in [-0.15, -0.1) is 10.2 Å². The fourth-order valence-electron chi connectivity index (χ4n) is 4.65. The number of carbonyl (C=O) groups is 1. The summed E-state index contributed by atoms with van der Waals surface area (Å²) in [6, 6.07) is 11.3. The van der Waals surface area contributed by atoms with Gasteiger partial charge in [-0.2, -0.15) is 5.21 Å². The molecule has 9 nitrogen and oxygen atoms in total. The molecule has 1 amide bonds. The molecule has 0 radical (unpaired) electrons. The number of halogens is 2. The Kier molecular flexibility index (Phi) is 10.6. The summed E-state index contributed by atoms with van der Waals surface area (Å²) in [5.74, 6) is 1.30. The van der Waals surface area contributed by atoms with Crippen LogP contribution in [0.15, 0.2) is 41.3 Å². The average molecular weight is 634 g/mol. The van der Waals surface area contributed by atoms with E-state index in [1.165, 1.54) is 11.8 Å². The first-order valence-electron chi connectivity index (χ1n) is 13.5. The fraction of sp³-hybridized carbons (Fsp3) is 0.393. The number of ether oxygens (including phenoxy) is 2. The van der Waals surface area contributed by atoms with Crippen molar-refractivity contribution in [1.29, 1.82) is 0 Å². The molecule has 13 heteroatoms. The van der Waals surface area contributed by atoms with Crippen LogP contribution in [0.5, 0.6) is 5.75 Å². The second-order valence-electron chi connectivity index (χ2n) is 9.65. The van der Waals surface area contributed by atoms with Gasteiger partial charge in [0.2, 0.25) is 0 Å². The predicted octanol–water partition coefficient (Wildman–Crippen LogP) is 5.50. The third kappa shape index (κ3) is 8.06.